The Bertz CT molecular complexity index is 2380. The Hall–Kier alpha value is -4.97. The van der Waals surface area contributed by atoms with Gasteiger partial charge in [-0.15, -0.1) is 0 Å². The first-order valence-corrected chi connectivity index (χ1v) is 26.4. The summed E-state index contributed by atoms with van der Waals surface area (Å²) in [5.41, 5.74) is 3.70. The van der Waals surface area contributed by atoms with Crippen molar-refractivity contribution in [1.82, 2.24) is 41.5 Å². The molecule has 0 aliphatic carbocycles. The Morgan fingerprint density at radius 3 is 2.04 bits per heavy atom. The minimum atomic E-state index is -5.92. The van der Waals surface area contributed by atoms with Gasteiger partial charge in [-0.25, -0.2) is 13.9 Å². The lowest BCUT2D eigenvalue weighted by molar-refractivity contribution is -0.261. The molecule has 1 aromatic rings. The Labute approximate surface area is 431 Å². The molecule has 5 amide bonds. The SMILES string of the molecule is CC(=O)N[C@H]1[C@@H](OP(=O)(O)OP(=O)(O)OC[C@H]2O[C@@H](n3ccc(=O)[nH]c3=O)[C@H](O)[C@@H]2O)O[C@H](CO)[C@@H](O)[C@@H]1O[C@H](C)C(=O)N[C@@H](C)C(=O)N[C@@H](C=O)CC[C@H](O)N[C@@H](CCCCN)C(=O)N[C@H](C)C(=O)N[C@H](C)C(=O)O. The highest BCUT2D eigenvalue weighted by Gasteiger charge is 2.52. The van der Waals surface area contributed by atoms with Crippen LogP contribution in [0.4, 0.5) is 0 Å². The van der Waals surface area contributed by atoms with E-state index in [4.69, 9.17) is 29.6 Å². The number of phosphoric acid groups is 2. The maximum absolute atomic E-state index is 13.4. The van der Waals surface area contributed by atoms with Crippen LogP contribution in [0.1, 0.15) is 73.0 Å². The van der Waals surface area contributed by atoms with Crippen LogP contribution < -0.4 is 48.9 Å². The minimum absolute atomic E-state index is 0.145. The van der Waals surface area contributed by atoms with Gasteiger partial charge in [-0.3, -0.25) is 57.5 Å². The van der Waals surface area contributed by atoms with Crippen molar-refractivity contribution in [2.75, 3.05) is 19.8 Å². The van der Waals surface area contributed by atoms with Crippen molar-refractivity contribution in [2.24, 2.45) is 5.73 Å². The molecule has 18 atom stereocenters. The molecule has 1 aromatic heterocycles. The second kappa shape index (κ2) is 29.7. The fourth-order valence-electron chi connectivity index (χ4n) is 7.30. The number of carboxylic acid groups (broad SMARTS) is 1. The molecule has 2 fully saturated rings. The van der Waals surface area contributed by atoms with Crippen molar-refractivity contribution < 1.29 is 111 Å². The van der Waals surface area contributed by atoms with E-state index in [-0.39, 0.29) is 19.3 Å². The van der Waals surface area contributed by atoms with Gasteiger partial charge in [-0.1, -0.05) is 6.42 Å². The first-order chi connectivity index (χ1) is 35.4. The molecular formula is C40H67N9O25P2. The maximum Gasteiger partial charge on any atom is 0.483 e. The van der Waals surface area contributed by atoms with Crippen molar-refractivity contribution in [3.05, 3.63) is 33.1 Å². The van der Waals surface area contributed by atoms with E-state index in [1.165, 1.54) is 20.8 Å². The number of ether oxygens (including phenoxy) is 3. The highest BCUT2D eigenvalue weighted by molar-refractivity contribution is 7.61. The summed E-state index contributed by atoms with van der Waals surface area (Å²) in [6.45, 7) is 3.85. The number of aliphatic hydroxyl groups is 5. The van der Waals surface area contributed by atoms with Crippen LogP contribution in [0.15, 0.2) is 21.9 Å². The molecule has 3 rings (SSSR count). The van der Waals surface area contributed by atoms with E-state index in [0.717, 1.165) is 26.1 Å². The lowest BCUT2D eigenvalue weighted by atomic mass is 9.96. The topological polar surface area (TPSA) is 524 Å². The van der Waals surface area contributed by atoms with Crippen molar-refractivity contribution in [3.63, 3.8) is 0 Å². The van der Waals surface area contributed by atoms with E-state index in [0.29, 0.717) is 30.2 Å². The lowest BCUT2D eigenvalue weighted by Crippen LogP contribution is -2.66. The van der Waals surface area contributed by atoms with Crippen LogP contribution in [0.2, 0.25) is 0 Å². The summed E-state index contributed by atoms with van der Waals surface area (Å²) in [5.74, 6) is -5.73. The van der Waals surface area contributed by atoms with E-state index >= 15 is 0 Å². The number of nitrogens with one attached hydrogen (secondary N) is 7. The number of aldehydes is 1. The third kappa shape index (κ3) is 19.8. The first kappa shape index (κ1) is 65.3. The highest BCUT2D eigenvalue weighted by atomic mass is 31.3. The van der Waals surface area contributed by atoms with Gasteiger partial charge in [0, 0.05) is 19.2 Å². The Morgan fingerprint density at radius 1 is 0.842 bits per heavy atom. The number of phosphoric ester groups is 2. The second-order valence-corrected chi connectivity index (χ2v) is 20.5. The van der Waals surface area contributed by atoms with E-state index in [9.17, 15) is 87.6 Å². The number of H-pyrrole nitrogens is 1. The normalized spacial score (nSPS) is 26.9. The first-order valence-electron chi connectivity index (χ1n) is 23.4. The third-order valence-electron chi connectivity index (χ3n) is 11.4. The standard InChI is InChI=1S/C40H67N9O25P2/c1-17(33(58)44-19(3)38(62)63)43-36(61)23(8-6-7-12-41)47-26(53)10-9-22(14-50)46-34(59)18(2)42-35(60)20(4)70-32-28(45-21(5)52)39(72-24(15-51)30(32)56)73-76(67,68)74-75(65,66)69-16-25-29(55)31(57)37(71-25)49-13-11-27(54)48-40(49)64/h11,13-14,17-20,22-26,28-32,37,39,47,51,53,55-57H,6-10,12,15-16,41H2,1-5H3,(H,42,60)(H,43,61)(H,44,58)(H,45,52)(H,46,59)(H,62,63)(H,65,66)(H,67,68)(H,48,54,64)/t17-,18+,19-,20-,22-,23+,24-,25-,26+,28-,29-,30-,31-,32-,37-,39-/m1/s1. The van der Waals surface area contributed by atoms with Crippen LogP contribution >= 0.6 is 15.6 Å². The zero-order chi connectivity index (χ0) is 57.4. The summed E-state index contributed by atoms with van der Waals surface area (Å²) in [4.78, 5) is 134. The average Bonchev–Trinajstić information content (AvgIpc) is 3.61. The second-order valence-electron chi connectivity index (χ2n) is 17.5. The van der Waals surface area contributed by atoms with E-state index in [1.807, 2.05) is 4.98 Å². The predicted molar refractivity (Wildman–Crippen MR) is 252 cm³/mol. The summed E-state index contributed by atoms with van der Waals surface area (Å²) in [5, 5.41) is 76.1. The molecule has 17 N–H and O–H groups in total. The summed E-state index contributed by atoms with van der Waals surface area (Å²) < 4.78 is 57.1. The lowest BCUT2D eigenvalue weighted by Gasteiger charge is -2.44. The number of nitrogens with zero attached hydrogens (tertiary/aromatic N) is 1. The largest absolute Gasteiger partial charge is 0.483 e. The quantitative estimate of drug-likeness (QED) is 0.0142. The Morgan fingerprint density at radius 2 is 1.46 bits per heavy atom. The number of aromatic amines is 1. The van der Waals surface area contributed by atoms with Crippen molar-refractivity contribution in [3.8, 4) is 0 Å². The number of unbranched alkanes of at least 4 members (excludes halogenated alkanes) is 1. The number of aliphatic carboxylic acids is 1. The van der Waals surface area contributed by atoms with Crippen molar-refractivity contribution in [1.29, 1.82) is 0 Å². The molecule has 76 heavy (non-hydrogen) atoms. The average molecular weight is 1140 g/mol. The van der Waals surface area contributed by atoms with Gasteiger partial charge in [0.15, 0.2) is 12.5 Å². The molecule has 2 saturated heterocycles. The van der Waals surface area contributed by atoms with E-state index in [2.05, 4.69) is 40.7 Å². The number of amides is 5. The monoisotopic (exact) mass is 1140 g/mol. The van der Waals surface area contributed by atoms with Gasteiger partial charge in [0.2, 0.25) is 29.5 Å². The maximum atomic E-state index is 13.4. The van der Waals surface area contributed by atoms with Crippen LogP contribution in [-0.2, 0) is 70.3 Å². The van der Waals surface area contributed by atoms with E-state index < -0.39 is 173 Å². The number of aliphatic hydroxyl groups excluding tert-OH is 5. The highest BCUT2D eigenvalue weighted by Crippen LogP contribution is 2.61. The molecule has 3 heterocycles. The number of hydrogen-bond donors (Lipinski definition) is 16. The van der Waals surface area contributed by atoms with Crippen molar-refractivity contribution >= 4 is 57.4 Å². The summed E-state index contributed by atoms with van der Waals surface area (Å²) >= 11 is 0. The zero-order valence-electron chi connectivity index (χ0n) is 41.6. The Kier molecular flexibility index (Phi) is 25.5. The van der Waals surface area contributed by atoms with Gasteiger partial charge < -0.3 is 91.7 Å². The fraction of sp³-hybridized carbons (Fsp3) is 0.725. The number of aromatic nitrogens is 2. The molecule has 2 unspecified atom stereocenters. The molecule has 0 bridgehead atoms. The zero-order valence-corrected chi connectivity index (χ0v) is 43.4. The number of hydrogen-bond acceptors (Lipinski definition) is 24. The third-order valence-corrected chi connectivity index (χ3v) is 14.0. The van der Waals surface area contributed by atoms with Gasteiger partial charge in [-0.2, -0.15) is 4.31 Å². The van der Waals surface area contributed by atoms with Gasteiger partial charge in [0.1, 0.15) is 79.4 Å². The van der Waals surface area contributed by atoms with Gasteiger partial charge in [-0.05, 0) is 59.9 Å². The summed E-state index contributed by atoms with van der Waals surface area (Å²) in [6.07, 6.45) is -16.3. The molecular weight excluding hydrogens is 1070 g/mol. The number of carbonyl (C=O) groups is 7. The molecule has 0 radical (unpaired) electrons. The molecule has 0 aromatic carbocycles. The van der Waals surface area contributed by atoms with Crippen LogP contribution in [0.25, 0.3) is 0 Å². The molecule has 0 spiro atoms. The number of carbonyl (C=O) groups excluding carboxylic acids is 6. The summed E-state index contributed by atoms with van der Waals surface area (Å²) in [6, 6.07) is -7.18. The van der Waals surface area contributed by atoms with Crippen LogP contribution in [-0.4, -0.2) is 203 Å². The van der Waals surface area contributed by atoms with Crippen LogP contribution in [0.5, 0.6) is 0 Å². The minimum Gasteiger partial charge on any atom is -0.480 e. The fourth-order valence-corrected chi connectivity index (χ4v) is 9.46. The van der Waals surface area contributed by atoms with Gasteiger partial charge in [0.05, 0.1) is 25.3 Å². The van der Waals surface area contributed by atoms with Crippen LogP contribution in [0.3, 0.4) is 0 Å². The smallest absolute Gasteiger partial charge is 0.480 e. The van der Waals surface area contributed by atoms with Gasteiger partial charge in [0.25, 0.3) is 5.56 Å². The molecule has 36 heteroatoms. The summed E-state index contributed by atoms with van der Waals surface area (Å²) in [7, 11) is -11.7. The van der Waals surface area contributed by atoms with Crippen LogP contribution in [0, 0.1) is 0 Å². The molecule has 0 saturated carbocycles. The molecule has 2 aliphatic heterocycles. The van der Waals surface area contributed by atoms with E-state index in [1.54, 1.807) is 0 Å². The van der Waals surface area contributed by atoms with Gasteiger partial charge >= 0.3 is 27.3 Å². The van der Waals surface area contributed by atoms with Crippen molar-refractivity contribution in [2.45, 2.75) is 164 Å². The number of nitrogens with two attached hydrogens (primary N) is 1. The molecule has 432 valence electrons. The molecule has 34 nitrogen and oxygen atoms in total. The number of carboxylic acids is 1. The Balaban J connectivity index is 1.62. The number of rotatable bonds is 31. The molecule has 2 aliphatic rings. The predicted octanol–water partition coefficient (Wildman–Crippen LogP) is -6.77.